The number of aliphatic hydroxyl groups is 1. The van der Waals surface area contributed by atoms with Gasteiger partial charge >= 0.3 is 0 Å². The highest BCUT2D eigenvalue weighted by atomic mass is 16.6. The Balaban J connectivity index is 2.04. The summed E-state index contributed by atoms with van der Waals surface area (Å²) in [7, 11) is 0. The van der Waals surface area contributed by atoms with Gasteiger partial charge in [-0.15, -0.1) is 0 Å². The van der Waals surface area contributed by atoms with E-state index in [4.69, 9.17) is 0 Å². The number of hydrogen-bond acceptors (Lipinski definition) is 5. The van der Waals surface area contributed by atoms with Gasteiger partial charge in [-0.25, -0.2) is 4.98 Å². The number of nitro groups is 1. The summed E-state index contributed by atoms with van der Waals surface area (Å²) in [5.41, 5.74) is 3.38. The lowest BCUT2D eigenvalue weighted by molar-refractivity contribution is -0.385. The van der Waals surface area contributed by atoms with Crippen molar-refractivity contribution in [1.29, 1.82) is 0 Å². The van der Waals surface area contributed by atoms with Crippen LogP contribution in [-0.4, -0.2) is 32.2 Å². The number of nitro benzene ring substituents is 1. The zero-order valence-corrected chi connectivity index (χ0v) is 14.1. The van der Waals surface area contributed by atoms with Crippen LogP contribution in [0.15, 0.2) is 42.5 Å². The molecule has 0 spiro atoms. The number of para-hydroxylation sites is 2. The van der Waals surface area contributed by atoms with Crippen molar-refractivity contribution in [2.45, 2.75) is 26.5 Å². The molecule has 0 saturated carbocycles. The molecule has 0 fully saturated rings. The van der Waals surface area contributed by atoms with E-state index in [0.717, 1.165) is 16.6 Å². The number of aromatic nitrogens is 2. The lowest BCUT2D eigenvalue weighted by Crippen LogP contribution is -2.18. The standard InChI is InChI=1S/C18H20N4O3/c1-12(23)10-19-18-20-15-7-3-4-8-17(15)21(18)11-14-6-5-9-16(13(14)2)22(24)25/h3-9,12,23H,10-11H2,1-2H3,(H,19,20)/t12-/m1/s1. The van der Waals surface area contributed by atoms with Crippen molar-refractivity contribution in [2.24, 2.45) is 0 Å². The molecule has 0 amide bonds. The normalized spacial score (nSPS) is 12.3. The number of imidazole rings is 1. The van der Waals surface area contributed by atoms with Crippen LogP contribution in [-0.2, 0) is 6.54 Å². The molecule has 0 aliphatic rings. The molecule has 7 nitrogen and oxygen atoms in total. The van der Waals surface area contributed by atoms with Gasteiger partial charge in [-0.05, 0) is 31.5 Å². The van der Waals surface area contributed by atoms with E-state index in [1.54, 1.807) is 19.9 Å². The quantitative estimate of drug-likeness (QED) is 0.531. The third-order valence-electron chi connectivity index (χ3n) is 4.15. The molecule has 2 N–H and O–H groups in total. The Kier molecular flexibility index (Phi) is 4.67. The smallest absolute Gasteiger partial charge is 0.272 e. The number of fused-ring (bicyclic) bond motifs is 1. The molecule has 3 rings (SSSR count). The van der Waals surface area contributed by atoms with Crippen molar-refractivity contribution < 1.29 is 10.0 Å². The topological polar surface area (TPSA) is 93.2 Å². The second kappa shape index (κ2) is 6.90. The van der Waals surface area contributed by atoms with Crippen LogP contribution >= 0.6 is 0 Å². The van der Waals surface area contributed by atoms with Crippen molar-refractivity contribution in [2.75, 3.05) is 11.9 Å². The van der Waals surface area contributed by atoms with Crippen LogP contribution in [0.2, 0.25) is 0 Å². The Morgan fingerprint density at radius 3 is 2.76 bits per heavy atom. The lowest BCUT2D eigenvalue weighted by Gasteiger charge is -2.13. The highest BCUT2D eigenvalue weighted by Crippen LogP contribution is 2.26. The molecule has 0 aliphatic carbocycles. The van der Waals surface area contributed by atoms with E-state index in [0.29, 0.717) is 24.6 Å². The van der Waals surface area contributed by atoms with Gasteiger partial charge in [-0.2, -0.15) is 0 Å². The maximum absolute atomic E-state index is 11.2. The molecular formula is C18H20N4O3. The van der Waals surface area contributed by atoms with Crippen molar-refractivity contribution in [3.8, 4) is 0 Å². The van der Waals surface area contributed by atoms with Gasteiger partial charge in [0, 0.05) is 18.2 Å². The highest BCUT2D eigenvalue weighted by molar-refractivity contribution is 5.78. The molecule has 0 bridgehead atoms. The fourth-order valence-electron chi connectivity index (χ4n) is 2.82. The summed E-state index contributed by atoms with van der Waals surface area (Å²) in [4.78, 5) is 15.4. The average Bonchev–Trinajstić information content (AvgIpc) is 2.92. The maximum Gasteiger partial charge on any atom is 0.272 e. The van der Waals surface area contributed by atoms with Crippen LogP contribution in [0.4, 0.5) is 11.6 Å². The minimum Gasteiger partial charge on any atom is -0.392 e. The number of anilines is 1. The van der Waals surface area contributed by atoms with Crippen LogP contribution in [0, 0.1) is 17.0 Å². The Morgan fingerprint density at radius 2 is 2.04 bits per heavy atom. The fourth-order valence-corrected chi connectivity index (χ4v) is 2.82. The monoisotopic (exact) mass is 340 g/mol. The summed E-state index contributed by atoms with van der Waals surface area (Å²) in [6, 6.07) is 12.8. The molecule has 0 aliphatic heterocycles. The van der Waals surface area contributed by atoms with E-state index in [1.807, 2.05) is 34.9 Å². The van der Waals surface area contributed by atoms with Gasteiger partial charge in [0.05, 0.1) is 28.6 Å². The van der Waals surface area contributed by atoms with Gasteiger partial charge < -0.3 is 15.0 Å². The second-order valence-corrected chi connectivity index (χ2v) is 6.06. The molecule has 2 aromatic carbocycles. The maximum atomic E-state index is 11.2. The lowest BCUT2D eigenvalue weighted by atomic mass is 10.1. The second-order valence-electron chi connectivity index (χ2n) is 6.06. The van der Waals surface area contributed by atoms with Gasteiger partial charge in [0.15, 0.2) is 0 Å². The highest BCUT2D eigenvalue weighted by Gasteiger charge is 2.16. The van der Waals surface area contributed by atoms with E-state index in [2.05, 4.69) is 10.3 Å². The van der Waals surface area contributed by atoms with E-state index in [1.165, 1.54) is 6.07 Å². The predicted octanol–water partition coefficient (Wildman–Crippen LogP) is 3.09. The molecule has 0 radical (unpaired) electrons. The summed E-state index contributed by atoms with van der Waals surface area (Å²) < 4.78 is 1.98. The summed E-state index contributed by atoms with van der Waals surface area (Å²) >= 11 is 0. The van der Waals surface area contributed by atoms with Gasteiger partial charge in [0.2, 0.25) is 5.95 Å². The van der Waals surface area contributed by atoms with Crippen LogP contribution < -0.4 is 5.32 Å². The van der Waals surface area contributed by atoms with Crippen LogP contribution in [0.25, 0.3) is 11.0 Å². The molecule has 0 saturated heterocycles. The Hall–Kier alpha value is -2.93. The number of benzene rings is 2. The Morgan fingerprint density at radius 1 is 1.28 bits per heavy atom. The summed E-state index contributed by atoms with van der Waals surface area (Å²) in [6.45, 7) is 4.29. The largest absolute Gasteiger partial charge is 0.392 e. The third-order valence-corrected chi connectivity index (χ3v) is 4.15. The van der Waals surface area contributed by atoms with Crippen molar-refractivity contribution in [3.63, 3.8) is 0 Å². The number of aliphatic hydroxyl groups excluding tert-OH is 1. The fraction of sp³-hybridized carbons (Fsp3) is 0.278. The van der Waals surface area contributed by atoms with E-state index in [-0.39, 0.29) is 10.6 Å². The van der Waals surface area contributed by atoms with E-state index < -0.39 is 6.10 Å². The SMILES string of the molecule is Cc1c(Cn2c(NC[C@@H](C)O)nc3ccccc32)cccc1[N+](=O)[O-]. The minimum atomic E-state index is -0.507. The molecule has 3 aromatic rings. The minimum absolute atomic E-state index is 0.111. The van der Waals surface area contributed by atoms with Crippen molar-refractivity contribution in [3.05, 3.63) is 63.7 Å². The average molecular weight is 340 g/mol. The Bertz CT molecular complexity index is 918. The van der Waals surface area contributed by atoms with Crippen LogP contribution in [0.1, 0.15) is 18.1 Å². The van der Waals surface area contributed by atoms with E-state index >= 15 is 0 Å². The predicted molar refractivity (Wildman–Crippen MR) is 96.8 cm³/mol. The zero-order valence-electron chi connectivity index (χ0n) is 14.1. The number of rotatable bonds is 6. The molecule has 1 atom stereocenters. The molecule has 1 heterocycles. The first-order chi connectivity index (χ1) is 12.0. The molecule has 130 valence electrons. The molecule has 25 heavy (non-hydrogen) atoms. The summed E-state index contributed by atoms with van der Waals surface area (Å²) in [5.74, 6) is 0.632. The van der Waals surface area contributed by atoms with Gasteiger partial charge in [0.1, 0.15) is 0 Å². The van der Waals surface area contributed by atoms with Crippen LogP contribution in [0.5, 0.6) is 0 Å². The van der Waals surface area contributed by atoms with Gasteiger partial charge in [-0.1, -0.05) is 24.3 Å². The number of nitrogens with one attached hydrogen (secondary N) is 1. The van der Waals surface area contributed by atoms with Crippen molar-refractivity contribution in [1.82, 2.24) is 9.55 Å². The molecule has 1 aromatic heterocycles. The zero-order chi connectivity index (χ0) is 18.0. The Labute approximate surface area is 145 Å². The molecule has 7 heteroatoms. The van der Waals surface area contributed by atoms with Gasteiger partial charge in [-0.3, -0.25) is 10.1 Å². The number of hydrogen-bond donors (Lipinski definition) is 2. The van der Waals surface area contributed by atoms with Crippen molar-refractivity contribution >= 4 is 22.7 Å². The first kappa shape index (κ1) is 16.9. The first-order valence-corrected chi connectivity index (χ1v) is 8.07. The summed E-state index contributed by atoms with van der Waals surface area (Å²) in [6.07, 6.45) is -0.507. The molecule has 0 unspecified atom stereocenters. The van der Waals surface area contributed by atoms with Crippen LogP contribution in [0.3, 0.4) is 0 Å². The third kappa shape index (κ3) is 3.46. The van der Waals surface area contributed by atoms with Gasteiger partial charge in [0.25, 0.3) is 5.69 Å². The van der Waals surface area contributed by atoms with E-state index in [9.17, 15) is 15.2 Å². The number of nitrogens with zero attached hydrogens (tertiary/aromatic N) is 3. The first-order valence-electron chi connectivity index (χ1n) is 8.07. The summed E-state index contributed by atoms with van der Waals surface area (Å²) in [5, 5.41) is 23.9. The molecular weight excluding hydrogens is 320 g/mol.